The number of fused-ring (bicyclic) bond motifs is 1. The van der Waals surface area contributed by atoms with Crippen molar-refractivity contribution < 1.29 is 9.53 Å². The number of hydrogen-bond acceptors (Lipinski definition) is 5. The molecule has 1 unspecified atom stereocenters. The quantitative estimate of drug-likeness (QED) is 0.885. The minimum atomic E-state index is -0.446. The van der Waals surface area contributed by atoms with E-state index < -0.39 is 5.97 Å². The Kier molecular flexibility index (Phi) is 3.71. The minimum Gasteiger partial charge on any atom is -0.461 e. The van der Waals surface area contributed by atoms with Gasteiger partial charge in [0.15, 0.2) is 5.69 Å². The van der Waals surface area contributed by atoms with Gasteiger partial charge in [-0.3, -0.25) is 0 Å². The lowest BCUT2D eigenvalue weighted by atomic mass is 9.93. The van der Waals surface area contributed by atoms with Crippen LogP contribution < -0.4 is 5.73 Å². The Morgan fingerprint density at radius 2 is 2.43 bits per heavy atom. The van der Waals surface area contributed by atoms with Gasteiger partial charge in [0.2, 0.25) is 0 Å². The molecule has 2 heterocycles. The number of esters is 1. The zero-order valence-electron chi connectivity index (χ0n) is 12.3. The fourth-order valence-corrected chi connectivity index (χ4v) is 4.02. The molecule has 21 heavy (non-hydrogen) atoms. The molecule has 5 nitrogen and oxygen atoms in total. The summed E-state index contributed by atoms with van der Waals surface area (Å²) >= 11 is 1.79. The van der Waals surface area contributed by atoms with Crippen LogP contribution in [-0.2, 0) is 11.2 Å². The summed E-state index contributed by atoms with van der Waals surface area (Å²) in [6.07, 6.45) is 3.28. The van der Waals surface area contributed by atoms with Crippen molar-refractivity contribution in [1.82, 2.24) is 9.55 Å². The van der Waals surface area contributed by atoms with Crippen LogP contribution in [-0.4, -0.2) is 22.1 Å². The lowest BCUT2D eigenvalue weighted by molar-refractivity contribution is 0.0521. The van der Waals surface area contributed by atoms with Gasteiger partial charge in [0.05, 0.1) is 12.6 Å². The van der Waals surface area contributed by atoms with Crippen LogP contribution in [0.5, 0.6) is 0 Å². The first-order valence-electron chi connectivity index (χ1n) is 7.21. The summed E-state index contributed by atoms with van der Waals surface area (Å²) in [5, 5.41) is 2.12. The van der Waals surface area contributed by atoms with E-state index in [1.165, 1.54) is 10.4 Å². The Morgan fingerprint density at radius 1 is 1.62 bits per heavy atom. The van der Waals surface area contributed by atoms with E-state index in [2.05, 4.69) is 16.4 Å². The standard InChI is InChI=1S/C15H19N3O2S/c1-3-20-15(19)13-14(16)18(9(2)17-13)11-5-4-6-12-10(11)7-8-21-12/h7-8,11H,3-6,16H2,1-2H3. The Bertz CT molecular complexity index is 675. The van der Waals surface area contributed by atoms with Crippen LogP contribution in [0, 0.1) is 6.92 Å². The van der Waals surface area contributed by atoms with Gasteiger partial charge in [0.1, 0.15) is 11.6 Å². The number of aromatic nitrogens is 2. The van der Waals surface area contributed by atoms with Crippen molar-refractivity contribution in [3.8, 4) is 0 Å². The number of ether oxygens (including phenoxy) is 1. The molecule has 6 heteroatoms. The van der Waals surface area contributed by atoms with Gasteiger partial charge in [-0.1, -0.05) is 0 Å². The molecule has 112 valence electrons. The molecule has 0 aromatic carbocycles. The van der Waals surface area contributed by atoms with Gasteiger partial charge in [-0.15, -0.1) is 11.3 Å². The third-order valence-corrected chi connectivity index (χ3v) is 4.92. The van der Waals surface area contributed by atoms with Gasteiger partial charge in [0.25, 0.3) is 0 Å². The highest BCUT2D eigenvalue weighted by Gasteiger charge is 2.28. The van der Waals surface area contributed by atoms with E-state index in [4.69, 9.17) is 10.5 Å². The minimum absolute atomic E-state index is 0.177. The molecule has 0 aliphatic heterocycles. The molecule has 0 saturated heterocycles. The molecule has 0 radical (unpaired) electrons. The van der Waals surface area contributed by atoms with Crippen LogP contribution >= 0.6 is 11.3 Å². The van der Waals surface area contributed by atoms with Gasteiger partial charge in [0, 0.05) is 4.88 Å². The predicted octanol–water partition coefficient (Wildman–Crippen LogP) is 2.94. The van der Waals surface area contributed by atoms with Gasteiger partial charge in [-0.25, -0.2) is 9.78 Å². The number of carbonyl (C=O) groups is 1. The van der Waals surface area contributed by atoms with E-state index in [1.807, 2.05) is 11.5 Å². The smallest absolute Gasteiger partial charge is 0.360 e. The monoisotopic (exact) mass is 305 g/mol. The maximum Gasteiger partial charge on any atom is 0.360 e. The largest absolute Gasteiger partial charge is 0.461 e. The Morgan fingerprint density at radius 3 is 3.19 bits per heavy atom. The molecular weight excluding hydrogens is 286 g/mol. The predicted molar refractivity (Wildman–Crippen MR) is 82.7 cm³/mol. The Balaban J connectivity index is 2.03. The highest BCUT2D eigenvalue weighted by molar-refractivity contribution is 7.10. The summed E-state index contributed by atoms with van der Waals surface area (Å²) in [7, 11) is 0. The number of nitrogens with zero attached hydrogens (tertiary/aromatic N) is 2. The molecule has 1 atom stereocenters. The average Bonchev–Trinajstić information content (AvgIpc) is 3.04. The second kappa shape index (κ2) is 5.52. The second-order valence-corrected chi connectivity index (χ2v) is 6.19. The van der Waals surface area contributed by atoms with E-state index in [-0.39, 0.29) is 11.7 Å². The van der Waals surface area contributed by atoms with Crippen molar-refractivity contribution >= 4 is 23.1 Å². The highest BCUT2D eigenvalue weighted by atomic mass is 32.1. The van der Waals surface area contributed by atoms with Gasteiger partial charge >= 0.3 is 5.97 Å². The molecule has 0 amide bonds. The van der Waals surface area contributed by atoms with Crippen molar-refractivity contribution in [3.63, 3.8) is 0 Å². The van der Waals surface area contributed by atoms with Crippen LogP contribution in [0.25, 0.3) is 0 Å². The topological polar surface area (TPSA) is 70.1 Å². The molecule has 3 rings (SSSR count). The van der Waals surface area contributed by atoms with Gasteiger partial charge < -0.3 is 15.0 Å². The molecule has 0 bridgehead atoms. The summed E-state index contributed by atoms with van der Waals surface area (Å²) < 4.78 is 7.01. The van der Waals surface area contributed by atoms with Crippen LogP contribution in [0.2, 0.25) is 0 Å². The summed E-state index contributed by atoms with van der Waals surface area (Å²) in [4.78, 5) is 17.7. The average molecular weight is 305 g/mol. The number of thiophene rings is 1. The van der Waals surface area contributed by atoms with E-state index in [0.717, 1.165) is 25.1 Å². The van der Waals surface area contributed by atoms with Crippen molar-refractivity contribution in [2.75, 3.05) is 12.3 Å². The normalized spacial score (nSPS) is 17.5. The number of anilines is 1. The first-order chi connectivity index (χ1) is 10.1. The van der Waals surface area contributed by atoms with Crippen molar-refractivity contribution in [3.05, 3.63) is 33.4 Å². The molecule has 0 fully saturated rings. The van der Waals surface area contributed by atoms with Crippen molar-refractivity contribution in [1.29, 1.82) is 0 Å². The molecule has 1 aliphatic rings. The molecule has 0 saturated carbocycles. The zero-order chi connectivity index (χ0) is 15.0. The molecule has 0 spiro atoms. The first kappa shape index (κ1) is 14.1. The fraction of sp³-hybridized carbons (Fsp3) is 0.467. The van der Waals surface area contributed by atoms with Crippen LogP contribution in [0.1, 0.15) is 52.6 Å². The van der Waals surface area contributed by atoms with Crippen molar-refractivity contribution in [2.24, 2.45) is 0 Å². The van der Waals surface area contributed by atoms with E-state index in [0.29, 0.717) is 12.4 Å². The lowest BCUT2D eigenvalue weighted by Gasteiger charge is -2.26. The summed E-state index contributed by atoms with van der Waals surface area (Å²) in [6.45, 7) is 3.98. The van der Waals surface area contributed by atoms with Crippen LogP contribution in [0.15, 0.2) is 11.4 Å². The molecule has 2 aromatic heterocycles. The maximum absolute atomic E-state index is 11.9. The number of rotatable bonds is 3. The third-order valence-electron chi connectivity index (χ3n) is 3.93. The number of nitrogens with two attached hydrogens (primary N) is 1. The SMILES string of the molecule is CCOC(=O)c1nc(C)n(C2CCCc3sccc32)c1N. The number of aryl methyl sites for hydroxylation is 2. The number of hydrogen-bond donors (Lipinski definition) is 1. The number of nitrogen functional groups attached to an aromatic ring is 1. The summed E-state index contributed by atoms with van der Waals surface area (Å²) in [6, 6.07) is 2.34. The Hall–Kier alpha value is -1.82. The highest BCUT2D eigenvalue weighted by Crippen LogP contribution is 2.38. The summed E-state index contributed by atoms with van der Waals surface area (Å²) in [5.74, 6) is 0.729. The Labute approximate surface area is 127 Å². The third kappa shape index (κ3) is 2.33. The van der Waals surface area contributed by atoms with Crippen LogP contribution in [0.4, 0.5) is 5.82 Å². The summed E-state index contributed by atoms with van der Waals surface area (Å²) in [5.41, 5.74) is 7.74. The molecular formula is C15H19N3O2S. The maximum atomic E-state index is 11.9. The zero-order valence-corrected chi connectivity index (χ0v) is 13.1. The molecule has 1 aliphatic carbocycles. The molecule has 2 aromatic rings. The first-order valence-corrected chi connectivity index (χ1v) is 8.09. The van der Waals surface area contributed by atoms with Gasteiger partial charge in [-0.2, -0.15) is 0 Å². The van der Waals surface area contributed by atoms with E-state index >= 15 is 0 Å². The number of imidazole rings is 1. The van der Waals surface area contributed by atoms with Crippen LogP contribution in [0.3, 0.4) is 0 Å². The van der Waals surface area contributed by atoms with E-state index in [9.17, 15) is 4.79 Å². The lowest BCUT2D eigenvalue weighted by Crippen LogP contribution is -2.19. The second-order valence-electron chi connectivity index (χ2n) is 5.19. The van der Waals surface area contributed by atoms with Gasteiger partial charge in [-0.05, 0) is 50.1 Å². The molecule has 2 N–H and O–H groups in total. The van der Waals surface area contributed by atoms with Crippen molar-refractivity contribution in [2.45, 2.75) is 39.2 Å². The van der Waals surface area contributed by atoms with E-state index in [1.54, 1.807) is 18.3 Å². The number of carbonyl (C=O) groups excluding carboxylic acids is 1. The fourth-order valence-electron chi connectivity index (χ4n) is 3.03.